The van der Waals surface area contributed by atoms with Crippen LogP contribution in [0, 0.1) is 0 Å². The number of carbonyl (C=O) groups is 2. The second-order valence-electron chi connectivity index (χ2n) is 7.57. The highest BCUT2D eigenvalue weighted by Gasteiger charge is 2.24. The third-order valence-corrected chi connectivity index (χ3v) is 5.01. The Morgan fingerprint density at radius 1 is 0.794 bits per heavy atom. The van der Waals surface area contributed by atoms with Crippen LogP contribution in [0.5, 0.6) is 0 Å². The van der Waals surface area contributed by atoms with E-state index in [0.717, 1.165) is 16.7 Å². The standard InChI is InChI=1S/C27H24N2O5/c30-26(33-19-23-18-32-25(28-23)22-14-8-3-9-15-22)24(16-20-10-4-1-5-11-20)29-27(31)34-17-21-12-6-2-7-13-21/h1-15,18,24H,16-17,19H2,(H,29,31). The molecule has 0 aliphatic heterocycles. The van der Waals surface area contributed by atoms with Crippen LogP contribution in [-0.2, 0) is 33.9 Å². The van der Waals surface area contributed by atoms with E-state index in [0.29, 0.717) is 11.6 Å². The monoisotopic (exact) mass is 456 g/mol. The van der Waals surface area contributed by atoms with Crippen molar-refractivity contribution >= 4 is 12.1 Å². The molecule has 0 spiro atoms. The van der Waals surface area contributed by atoms with Crippen LogP contribution in [0.25, 0.3) is 11.5 Å². The van der Waals surface area contributed by atoms with Gasteiger partial charge >= 0.3 is 12.1 Å². The first-order valence-electron chi connectivity index (χ1n) is 10.8. The lowest BCUT2D eigenvalue weighted by Gasteiger charge is -2.17. The van der Waals surface area contributed by atoms with Gasteiger partial charge < -0.3 is 19.2 Å². The van der Waals surface area contributed by atoms with Gasteiger partial charge in [-0.2, -0.15) is 0 Å². The topological polar surface area (TPSA) is 90.7 Å². The minimum absolute atomic E-state index is 0.0821. The Bertz CT molecular complexity index is 1190. The van der Waals surface area contributed by atoms with Crippen molar-refractivity contribution in [2.24, 2.45) is 0 Å². The van der Waals surface area contributed by atoms with Gasteiger partial charge in [0.15, 0.2) is 0 Å². The van der Waals surface area contributed by atoms with Crippen molar-refractivity contribution in [2.45, 2.75) is 25.7 Å². The number of amides is 1. The lowest BCUT2D eigenvalue weighted by atomic mass is 10.1. The molecule has 0 aliphatic carbocycles. The predicted octanol–water partition coefficient (Wildman–Crippen LogP) is 4.92. The maximum atomic E-state index is 12.9. The van der Waals surface area contributed by atoms with Crippen LogP contribution in [0.1, 0.15) is 16.8 Å². The third kappa shape index (κ3) is 6.56. The Hall–Kier alpha value is -4.39. The van der Waals surface area contributed by atoms with Crippen LogP contribution in [0.3, 0.4) is 0 Å². The van der Waals surface area contributed by atoms with Crippen LogP contribution in [0.15, 0.2) is 102 Å². The molecule has 1 heterocycles. The molecular formula is C27H24N2O5. The van der Waals surface area contributed by atoms with E-state index in [2.05, 4.69) is 10.3 Å². The summed E-state index contributed by atoms with van der Waals surface area (Å²) in [6.07, 6.45) is 1.01. The summed E-state index contributed by atoms with van der Waals surface area (Å²) in [4.78, 5) is 29.6. The van der Waals surface area contributed by atoms with Crippen LogP contribution < -0.4 is 5.32 Å². The van der Waals surface area contributed by atoms with Gasteiger partial charge in [0.1, 0.15) is 31.2 Å². The van der Waals surface area contributed by atoms with E-state index in [-0.39, 0.29) is 19.6 Å². The molecule has 34 heavy (non-hydrogen) atoms. The van der Waals surface area contributed by atoms with Crippen LogP contribution >= 0.6 is 0 Å². The average molecular weight is 456 g/mol. The number of ether oxygens (including phenoxy) is 2. The molecule has 1 amide bonds. The fraction of sp³-hybridized carbons (Fsp3) is 0.148. The third-order valence-electron chi connectivity index (χ3n) is 5.01. The number of carbonyl (C=O) groups excluding carboxylic acids is 2. The lowest BCUT2D eigenvalue weighted by Crippen LogP contribution is -2.43. The number of alkyl carbamates (subject to hydrolysis) is 1. The first kappa shape index (κ1) is 22.8. The molecule has 3 aromatic carbocycles. The number of aromatic nitrogens is 1. The molecule has 1 N–H and O–H groups in total. The van der Waals surface area contributed by atoms with Gasteiger partial charge in [-0.1, -0.05) is 78.9 Å². The normalized spacial score (nSPS) is 11.4. The number of benzene rings is 3. The summed E-state index contributed by atoms with van der Waals surface area (Å²) in [5.74, 6) is -0.153. The molecule has 1 atom stereocenters. The van der Waals surface area contributed by atoms with Crippen molar-refractivity contribution in [1.82, 2.24) is 10.3 Å². The zero-order valence-corrected chi connectivity index (χ0v) is 18.4. The largest absolute Gasteiger partial charge is 0.458 e. The molecule has 0 fully saturated rings. The van der Waals surface area contributed by atoms with Gasteiger partial charge in [0, 0.05) is 12.0 Å². The summed E-state index contributed by atoms with van der Waals surface area (Å²) in [7, 11) is 0. The van der Waals surface area contributed by atoms with E-state index in [9.17, 15) is 9.59 Å². The van der Waals surface area contributed by atoms with Gasteiger partial charge in [0.25, 0.3) is 0 Å². The Balaban J connectivity index is 1.37. The van der Waals surface area contributed by atoms with Crippen molar-refractivity contribution in [3.63, 3.8) is 0 Å². The van der Waals surface area contributed by atoms with Gasteiger partial charge in [-0.05, 0) is 23.3 Å². The molecule has 0 bridgehead atoms. The first-order chi connectivity index (χ1) is 16.7. The summed E-state index contributed by atoms with van der Waals surface area (Å²) in [5.41, 5.74) is 3.02. The van der Waals surface area contributed by atoms with Crippen LogP contribution in [0.4, 0.5) is 4.79 Å². The maximum absolute atomic E-state index is 12.9. The Labute approximate surface area is 197 Å². The van der Waals surface area contributed by atoms with Gasteiger partial charge in [0.2, 0.25) is 5.89 Å². The number of oxazole rings is 1. The Morgan fingerprint density at radius 2 is 1.41 bits per heavy atom. The predicted molar refractivity (Wildman–Crippen MR) is 125 cm³/mol. The minimum Gasteiger partial charge on any atom is -0.458 e. The van der Waals surface area contributed by atoms with Crippen molar-refractivity contribution in [2.75, 3.05) is 0 Å². The number of nitrogens with zero attached hydrogens (tertiary/aromatic N) is 1. The van der Waals surface area contributed by atoms with Crippen LogP contribution in [0.2, 0.25) is 0 Å². The summed E-state index contributed by atoms with van der Waals surface area (Å²) in [6.45, 7) is 0.0161. The first-order valence-corrected chi connectivity index (χ1v) is 10.8. The zero-order chi connectivity index (χ0) is 23.6. The molecule has 1 aromatic heterocycles. The van der Waals surface area contributed by atoms with Gasteiger partial charge in [-0.15, -0.1) is 0 Å². The van der Waals surface area contributed by atoms with Crippen molar-refractivity contribution in [3.05, 3.63) is 114 Å². The number of rotatable bonds is 9. The molecule has 7 nitrogen and oxygen atoms in total. The Morgan fingerprint density at radius 3 is 2.09 bits per heavy atom. The molecule has 1 unspecified atom stereocenters. The molecule has 7 heteroatoms. The molecule has 0 aliphatic rings. The summed E-state index contributed by atoms with van der Waals surface area (Å²) in [6, 6.07) is 27.2. The number of hydrogen-bond donors (Lipinski definition) is 1. The second kappa shape index (κ2) is 11.5. The van der Waals surface area contributed by atoms with Gasteiger partial charge in [-0.25, -0.2) is 14.6 Å². The number of esters is 1. The maximum Gasteiger partial charge on any atom is 0.408 e. The SMILES string of the molecule is O=C(NC(Cc1ccccc1)C(=O)OCc1coc(-c2ccccc2)n1)OCc1ccccc1. The molecule has 0 radical (unpaired) electrons. The highest BCUT2D eigenvalue weighted by Crippen LogP contribution is 2.18. The van der Waals surface area contributed by atoms with E-state index in [4.69, 9.17) is 13.9 Å². The Kier molecular flexibility index (Phi) is 7.69. The minimum atomic E-state index is -0.925. The molecular weight excluding hydrogens is 432 g/mol. The van der Waals surface area contributed by atoms with E-state index in [1.54, 1.807) is 0 Å². The zero-order valence-electron chi connectivity index (χ0n) is 18.4. The van der Waals surface area contributed by atoms with Crippen LogP contribution in [-0.4, -0.2) is 23.1 Å². The molecule has 4 aromatic rings. The van der Waals surface area contributed by atoms with E-state index < -0.39 is 18.1 Å². The van der Waals surface area contributed by atoms with E-state index >= 15 is 0 Å². The fourth-order valence-electron chi connectivity index (χ4n) is 3.28. The molecule has 0 saturated heterocycles. The average Bonchev–Trinajstić information content (AvgIpc) is 3.37. The quantitative estimate of drug-likeness (QED) is 0.360. The summed E-state index contributed by atoms with van der Waals surface area (Å²) in [5, 5.41) is 2.62. The summed E-state index contributed by atoms with van der Waals surface area (Å²) < 4.78 is 16.2. The highest BCUT2D eigenvalue weighted by molar-refractivity contribution is 5.81. The second-order valence-corrected chi connectivity index (χ2v) is 7.57. The molecule has 172 valence electrons. The van der Waals surface area contributed by atoms with Crippen molar-refractivity contribution in [3.8, 4) is 11.5 Å². The van der Waals surface area contributed by atoms with Gasteiger partial charge in [-0.3, -0.25) is 0 Å². The van der Waals surface area contributed by atoms with E-state index in [1.807, 2.05) is 91.0 Å². The smallest absolute Gasteiger partial charge is 0.408 e. The van der Waals surface area contributed by atoms with Crippen molar-refractivity contribution in [1.29, 1.82) is 0 Å². The number of nitrogens with one attached hydrogen (secondary N) is 1. The lowest BCUT2D eigenvalue weighted by molar-refractivity contribution is -0.147. The molecule has 0 saturated carbocycles. The highest BCUT2D eigenvalue weighted by atomic mass is 16.6. The van der Waals surface area contributed by atoms with Crippen molar-refractivity contribution < 1.29 is 23.5 Å². The summed E-state index contributed by atoms with van der Waals surface area (Å²) >= 11 is 0. The van der Waals surface area contributed by atoms with E-state index in [1.165, 1.54) is 6.26 Å². The molecule has 4 rings (SSSR count). The number of hydrogen-bond acceptors (Lipinski definition) is 6. The fourth-order valence-corrected chi connectivity index (χ4v) is 3.28. The van der Waals surface area contributed by atoms with Gasteiger partial charge in [0.05, 0.1) is 0 Å².